The van der Waals surface area contributed by atoms with Crippen LogP contribution in [0.4, 0.5) is 4.39 Å². The van der Waals surface area contributed by atoms with Gasteiger partial charge in [-0.3, -0.25) is 14.9 Å². The van der Waals surface area contributed by atoms with E-state index in [4.69, 9.17) is 0 Å². The van der Waals surface area contributed by atoms with Crippen LogP contribution in [-0.2, 0) is 9.59 Å². The molecule has 0 bridgehead atoms. The van der Waals surface area contributed by atoms with E-state index in [1.165, 1.54) is 12.1 Å². The van der Waals surface area contributed by atoms with Crippen molar-refractivity contribution in [2.24, 2.45) is 11.8 Å². The van der Waals surface area contributed by atoms with Gasteiger partial charge in [-0.1, -0.05) is 32.4 Å². The molecule has 1 fully saturated rings. The molecule has 1 aliphatic heterocycles. The van der Waals surface area contributed by atoms with Crippen LogP contribution in [0.15, 0.2) is 24.3 Å². The molecular weight excluding hydrogens is 245 g/mol. The molecule has 0 radical (unpaired) electrons. The van der Waals surface area contributed by atoms with Crippen LogP contribution in [0.1, 0.15) is 38.2 Å². The normalized spacial score (nSPS) is 25.0. The van der Waals surface area contributed by atoms with E-state index < -0.39 is 5.92 Å². The van der Waals surface area contributed by atoms with Crippen LogP contribution in [0.2, 0.25) is 0 Å². The van der Waals surface area contributed by atoms with Crippen LogP contribution in [0, 0.1) is 17.7 Å². The van der Waals surface area contributed by atoms with Gasteiger partial charge < -0.3 is 0 Å². The zero-order chi connectivity index (χ0) is 14.0. The SMILES string of the molecule is CCC(C)C1CC(=O)NC(=O)C1c1cccc(F)c1. The highest BCUT2D eigenvalue weighted by Crippen LogP contribution is 2.37. The minimum Gasteiger partial charge on any atom is -0.296 e. The average molecular weight is 263 g/mol. The first-order valence-corrected chi connectivity index (χ1v) is 6.62. The molecule has 2 amide bonds. The van der Waals surface area contributed by atoms with Gasteiger partial charge in [-0.15, -0.1) is 0 Å². The van der Waals surface area contributed by atoms with Crippen LogP contribution in [0.3, 0.4) is 0 Å². The molecule has 19 heavy (non-hydrogen) atoms. The second-order valence-corrected chi connectivity index (χ2v) is 5.20. The average Bonchev–Trinajstić information content (AvgIpc) is 2.36. The van der Waals surface area contributed by atoms with Crippen molar-refractivity contribution in [3.05, 3.63) is 35.6 Å². The van der Waals surface area contributed by atoms with Crippen molar-refractivity contribution >= 4 is 11.8 Å². The largest absolute Gasteiger partial charge is 0.296 e. The van der Waals surface area contributed by atoms with Gasteiger partial charge in [-0.2, -0.15) is 0 Å². The lowest BCUT2D eigenvalue weighted by Gasteiger charge is -2.34. The number of piperidine rings is 1. The minimum atomic E-state index is -0.441. The summed E-state index contributed by atoms with van der Waals surface area (Å²) in [4.78, 5) is 23.6. The van der Waals surface area contributed by atoms with Crippen molar-refractivity contribution in [2.45, 2.75) is 32.6 Å². The summed E-state index contributed by atoms with van der Waals surface area (Å²) in [7, 11) is 0. The molecule has 0 spiro atoms. The van der Waals surface area contributed by atoms with Crippen molar-refractivity contribution in [2.75, 3.05) is 0 Å². The van der Waals surface area contributed by atoms with E-state index in [2.05, 4.69) is 5.32 Å². The number of rotatable bonds is 3. The Labute approximate surface area is 112 Å². The third-order valence-corrected chi connectivity index (χ3v) is 3.98. The van der Waals surface area contributed by atoms with Gasteiger partial charge in [-0.05, 0) is 29.5 Å². The molecule has 2 rings (SSSR count). The molecule has 0 saturated carbocycles. The Morgan fingerprint density at radius 2 is 2.16 bits per heavy atom. The number of carbonyl (C=O) groups excluding carboxylic acids is 2. The van der Waals surface area contributed by atoms with Gasteiger partial charge in [0, 0.05) is 6.42 Å². The fourth-order valence-corrected chi connectivity index (χ4v) is 2.72. The summed E-state index contributed by atoms with van der Waals surface area (Å²) in [6.07, 6.45) is 1.21. The maximum Gasteiger partial charge on any atom is 0.234 e. The van der Waals surface area contributed by atoms with Gasteiger partial charge in [0.25, 0.3) is 0 Å². The molecule has 0 aromatic heterocycles. The second-order valence-electron chi connectivity index (χ2n) is 5.20. The number of carbonyl (C=O) groups is 2. The number of nitrogens with one attached hydrogen (secondary N) is 1. The van der Waals surface area contributed by atoms with Gasteiger partial charge in [0.2, 0.25) is 11.8 Å². The van der Waals surface area contributed by atoms with Gasteiger partial charge in [0.1, 0.15) is 5.82 Å². The quantitative estimate of drug-likeness (QED) is 0.852. The van der Waals surface area contributed by atoms with Crippen molar-refractivity contribution < 1.29 is 14.0 Å². The first kappa shape index (κ1) is 13.7. The topological polar surface area (TPSA) is 46.2 Å². The summed E-state index contributed by atoms with van der Waals surface area (Å²) in [6.45, 7) is 4.06. The highest BCUT2D eigenvalue weighted by molar-refractivity contribution is 6.01. The number of benzene rings is 1. The van der Waals surface area contributed by atoms with Crippen LogP contribution in [0.25, 0.3) is 0 Å². The summed E-state index contributed by atoms with van der Waals surface area (Å²) in [5, 5.41) is 2.36. The monoisotopic (exact) mass is 263 g/mol. The maximum absolute atomic E-state index is 13.3. The first-order chi connectivity index (χ1) is 9.02. The molecule has 102 valence electrons. The van der Waals surface area contributed by atoms with E-state index in [0.29, 0.717) is 12.0 Å². The standard InChI is InChI=1S/C15H18FNO2/c1-3-9(2)12-8-13(18)17-15(19)14(12)10-5-4-6-11(16)7-10/h4-7,9,12,14H,3,8H2,1-2H3,(H,17,18,19). The summed E-state index contributed by atoms with van der Waals surface area (Å²) in [5.74, 6) is -1.17. The predicted molar refractivity (Wildman–Crippen MR) is 69.9 cm³/mol. The Kier molecular flexibility index (Phi) is 3.98. The lowest BCUT2D eigenvalue weighted by molar-refractivity contribution is -0.137. The molecule has 3 atom stereocenters. The highest BCUT2D eigenvalue weighted by atomic mass is 19.1. The highest BCUT2D eigenvalue weighted by Gasteiger charge is 2.39. The minimum absolute atomic E-state index is 0.0620. The smallest absolute Gasteiger partial charge is 0.234 e. The zero-order valence-corrected chi connectivity index (χ0v) is 11.2. The van der Waals surface area contributed by atoms with Crippen LogP contribution < -0.4 is 5.32 Å². The Bertz CT molecular complexity index is 501. The summed E-state index contributed by atoms with van der Waals surface area (Å²) in [6, 6.07) is 6.09. The molecule has 4 heteroatoms. The number of hydrogen-bond acceptors (Lipinski definition) is 2. The molecular formula is C15H18FNO2. The van der Waals surface area contributed by atoms with Crippen molar-refractivity contribution in [3.63, 3.8) is 0 Å². The van der Waals surface area contributed by atoms with E-state index in [1.54, 1.807) is 12.1 Å². The summed E-state index contributed by atoms with van der Waals surface area (Å²) in [5.41, 5.74) is 0.648. The van der Waals surface area contributed by atoms with E-state index in [1.807, 2.05) is 13.8 Å². The van der Waals surface area contributed by atoms with E-state index in [9.17, 15) is 14.0 Å². The van der Waals surface area contributed by atoms with Crippen molar-refractivity contribution in [3.8, 4) is 0 Å². The number of hydrogen-bond donors (Lipinski definition) is 1. The molecule has 1 saturated heterocycles. The fraction of sp³-hybridized carbons (Fsp3) is 0.467. The van der Waals surface area contributed by atoms with Gasteiger partial charge >= 0.3 is 0 Å². The van der Waals surface area contributed by atoms with Gasteiger partial charge in [0.05, 0.1) is 5.92 Å². The van der Waals surface area contributed by atoms with Crippen molar-refractivity contribution in [1.82, 2.24) is 5.32 Å². The third kappa shape index (κ3) is 2.83. The Morgan fingerprint density at radius 1 is 1.42 bits per heavy atom. The summed E-state index contributed by atoms with van der Waals surface area (Å²) < 4.78 is 13.3. The molecule has 1 aromatic rings. The number of halogens is 1. The molecule has 1 aromatic carbocycles. The van der Waals surface area contributed by atoms with Crippen LogP contribution >= 0.6 is 0 Å². The lowest BCUT2D eigenvalue weighted by atomic mass is 9.73. The lowest BCUT2D eigenvalue weighted by Crippen LogP contribution is -2.46. The third-order valence-electron chi connectivity index (χ3n) is 3.98. The van der Waals surface area contributed by atoms with Crippen LogP contribution in [-0.4, -0.2) is 11.8 Å². The predicted octanol–water partition coefficient (Wildman–Crippen LogP) is 2.62. The van der Waals surface area contributed by atoms with E-state index in [-0.39, 0.29) is 29.5 Å². The van der Waals surface area contributed by atoms with Crippen molar-refractivity contribution in [1.29, 1.82) is 0 Å². The van der Waals surface area contributed by atoms with Gasteiger partial charge in [0.15, 0.2) is 0 Å². The molecule has 1 N–H and O–H groups in total. The fourth-order valence-electron chi connectivity index (χ4n) is 2.72. The molecule has 3 unspecified atom stereocenters. The Hall–Kier alpha value is -1.71. The molecule has 3 nitrogen and oxygen atoms in total. The van der Waals surface area contributed by atoms with Crippen LogP contribution in [0.5, 0.6) is 0 Å². The molecule has 1 aliphatic rings. The zero-order valence-electron chi connectivity index (χ0n) is 11.2. The second kappa shape index (κ2) is 5.51. The van der Waals surface area contributed by atoms with Gasteiger partial charge in [-0.25, -0.2) is 4.39 Å². The van der Waals surface area contributed by atoms with E-state index >= 15 is 0 Å². The number of imide groups is 1. The Balaban J connectivity index is 2.37. The summed E-state index contributed by atoms with van der Waals surface area (Å²) >= 11 is 0. The number of amides is 2. The van der Waals surface area contributed by atoms with E-state index in [0.717, 1.165) is 6.42 Å². The maximum atomic E-state index is 13.3. The first-order valence-electron chi connectivity index (χ1n) is 6.62. The molecule has 1 heterocycles. The molecule has 0 aliphatic carbocycles. The Morgan fingerprint density at radius 3 is 2.79 bits per heavy atom.